The van der Waals surface area contributed by atoms with E-state index in [1.807, 2.05) is 12.3 Å². The van der Waals surface area contributed by atoms with Crippen LogP contribution in [0.25, 0.3) is 6.08 Å². The third-order valence-electron chi connectivity index (χ3n) is 8.02. The summed E-state index contributed by atoms with van der Waals surface area (Å²) in [6.07, 6.45) is 12.5. The molecule has 1 aliphatic carbocycles. The number of nitrogens with zero attached hydrogens (tertiary/aromatic N) is 3. The summed E-state index contributed by atoms with van der Waals surface area (Å²) in [6, 6.07) is 6.29. The summed E-state index contributed by atoms with van der Waals surface area (Å²) in [5.74, 6) is 1.99. The Bertz CT molecular complexity index is 987. The summed E-state index contributed by atoms with van der Waals surface area (Å²) in [5, 5.41) is 0.776. The maximum Gasteiger partial charge on any atom is 0.222 e. The molecular formula is C27H33BrClN3O. The van der Waals surface area contributed by atoms with Crippen LogP contribution in [0.4, 0.5) is 0 Å². The van der Waals surface area contributed by atoms with Crippen LogP contribution in [-0.4, -0.2) is 54.6 Å². The molecule has 176 valence electrons. The molecule has 6 heteroatoms. The number of allylic oxidation sites excluding steroid dienone is 2. The van der Waals surface area contributed by atoms with Crippen molar-refractivity contribution in [3.05, 3.63) is 51.1 Å². The summed E-state index contributed by atoms with van der Waals surface area (Å²) in [5.41, 5.74) is 3.81. The Morgan fingerprint density at radius 2 is 1.91 bits per heavy atom. The number of fused-ring (bicyclic) bond motifs is 2. The summed E-state index contributed by atoms with van der Waals surface area (Å²) in [6.45, 7) is 3.96. The normalized spacial score (nSPS) is 26.8. The van der Waals surface area contributed by atoms with Gasteiger partial charge in [0.1, 0.15) is 0 Å². The van der Waals surface area contributed by atoms with Gasteiger partial charge in [0.25, 0.3) is 0 Å². The zero-order chi connectivity index (χ0) is 22.9. The van der Waals surface area contributed by atoms with E-state index in [0.29, 0.717) is 23.7 Å². The molecule has 33 heavy (non-hydrogen) atoms. The van der Waals surface area contributed by atoms with Crippen LogP contribution in [0.3, 0.4) is 0 Å². The number of aliphatic imine (C=N–C) groups is 1. The van der Waals surface area contributed by atoms with Crippen molar-refractivity contribution < 1.29 is 4.79 Å². The highest BCUT2D eigenvalue weighted by Crippen LogP contribution is 2.43. The monoisotopic (exact) mass is 529 g/mol. The van der Waals surface area contributed by atoms with Crippen LogP contribution in [-0.2, 0) is 4.79 Å². The van der Waals surface area contributed by atoms with Crippen LogP contribution < -0.4 is 0 Å². The van der Waals surface area contributed by atoms with Crippen molar-refractivity contribution >= 4 is 45.2 Å². The number of amides is 1. The molecule has 4 aliphatic rings. The third kappa shape index (κ3) is 5.16. The van der Waals surface area contributed by atoms with Gasteiger partial charge in [-0.2, -0.15) is 0 Å². The molecule has 2 saturated heterocycles. The van der Waals surface area contributed by atoms with E-state index in [-0.39, 0.29) is 5.92 Å². The molecule has 2 unspecified atom stereocenters. The number of rotatable bonds is 3. The first kappa shape index (κ1) is 23.3. The van der Waals surface area contributed by atoms with Gasteiger partial charge in [-0.05, 0) is 87.3 Å². The molecule has 1 aromatic carbocycles. The van der Waals surface area contributed by atoms with Gasteiger partial charge in [-0.25, -0.2) is 0 Å². The standard InChI is InChI=1S/C27H33BrClN3O/c1-31-10-6-18(7-11-31)14-25(33)32-12-8-19(9-13-32)26-24-5-4-23(29)16-20(24)2-3-21-15-22(28)17-30-27(21)26/h2-5,16-19,21,26H,6-15H2,1H3. The Labute approximate surface area is 210 Å². The van der Waals surface area contributed by atoms with Crippen LogP contribution in [0.2, 0.25) is 5.02 Å². The van der Waals surface area contributed by atoms with Gasteiger partial charge in [0.05, 0.1) is 0 Å². The molecule has 0 spiro atoms. The highest BCUT2D eigenvalue weighted by molar-refractivity contribution is 9.11. The van der Waals surface area contributed by atoms with E-state index in [1.165, 1.54) is 16.8 Å². The fraction of sp³-hybridized carbons (Fsp3) is 0.556. The first-order chi connectivity index (χ1) is 16.0. The van der Waals surface area contributed by atoms with Gasteiger partial charge in [-0.1, -0.05) is 45.7 Å². The van der Waals surface area contributed by atoms with Crippen molar-refractivity contribution in [3.63, 3.8) is 0 Å². The van der Waals surface area contributed by atoms with Gasteiger partial charge in [0.15, 0.2) is 0 Å². The fourth-order valence-corrected chi connectivity index (χ4v) is 6.69. The Morgan fingerprint density at radius 1 is 1.15 bits per heavy atom. The molecule has 1 aromatic rings. The number of hydrogen-bond donors (Lipinski definition) is 0. The van der Waals surface area contributed by atoms with Crippen LogP contribution in [0.5, 0.6) is 0 Å². The van der Waals surface area contributed by atoms with Crippen LogP contribution in [0.1, 0.15) is 55.6 Å². The minimum atomic E-state index is 0.278. The van der Waals surface area contributed by atoms with Crippen molar-refractivity contribution in [2.45, 2.75) is 44.4 Å². The molecule has 0 saturated carbocycles. The van der Waals surface area contributed by atoms with Gasteiger partial charge >= 0.3 is 0 Å². The van der Waals surface area contributed by atoms with E-state index in [1.54, 1.807) is 0 Å². The Balaban J connectivity index is 1.31. The van der Waals surface area contributed by atoms with Crippen LogP contribution in [0, 0.1) is 17.8 Å². The Hall–Kier alpha value is -1.43. The van der Waals surface area contributed by atoms with Gasteiger partial charge in [-0.3, -0.25) is 9.79 Å². The molecule has 0 N–H and O–H groups in total. The van der Waals surface area contributed by atoms with Gasteiger partial charge in [0, 0.05) is 52.8 Å². The maximum atomic E-state index is 13.0. The molecular weight excluding hydrogens is 498 g/mol. The average Bonchev–Trinajstić information content (AvgIpc) is 2.97. The molecule has 2 fully saturated rings. The lowest BCUT2D eigenvalue weighted by molar-refractivity contribution is -0.134. The minimum Gasteiger partial charge on any atom is -0.343 e. The Kier molecular flexibility index (Phi) is 7.10. The predicted octanol–water partition coefficient (Wildman–Crippen LogP) is 6.12. The highest BCUT2D eigenvalue weighted by atomic mass is 79.9. The van der Waals surface area contributed by atoms with Crippen LogP contribution in [0.15, 0.2) is 39.9 Å². The molecule has 3 aliphatic heterocycles. The van der Waals surface area contributed by atoms with Gasteiger partial charge in [0.2, 0.25) is 5.91 Å². The minimum absolute atomic E-state index is 0.278. The Morgan fingerprint density at radius 3 is 2.67 bits per heavy atom. The zero-order valence-electron chi connectivity index (χ0n) is 19.4. The summed E-state index contributed by atoms with van der Waals surface area (Å²) >= 11 is 10.0. The lowest BCUT2D eigenvalue weighted by Crippen LogP contribution is -2.42. The van der Waals surface area contributed by atoms with Crippen molar-refractivity contribution in [2.75, 3.05) is 33.2 Å². The van der Waals surface area contributed by atoms with E-state index in [4.69, 9.17) is 16.6 Å². The van der Waals surface area contributed by atoms with E-state index in [2.05, 4.69) is 57.1 Å². The molecule has 0 radical (unpaired) electrons. The topological polar surface area (TPSA) is 35.9 Å². The number of carbonyl (C=O) groups excluding carboxylic acids is 1. The highest BCUT2D eigenvalue weighted by Gasteiger charge is 2.38. The SMILES string of the molecule is CN1CCC(CC(=O)N2CCC(C3C4=NC=C(Br)CC4C=Cc4cc(Cl)ccc43)CC2)CC1. The second-order valence-corrected chi connectivity index (χ2v) is 11.7. The van der Waals surface area contributed by atoms with E-state index < -0.39 is 0 Å². The molecule has 2 atom stereocenters. The molecule has 1 amide bonds. The summed E-state index contributed by atoms with van der Waals surface area (Å²) < 4.78 is 1.15. The summed E-state index contributed by atoms with van der Waals surface area (Å²) in [4.78, 5) is 22.5. The molecule has 0 bridgehead atoms. The maximum absolute atomic E-state index is 13.0. The van der Waals surface area contributed by atoms with E-state index >= 15 is 0 Å². The lowest BCUT2D eigenvalue weighted by atomic mass is 9.73. The fourth-order valence-electron chi connectivity index (χ4n) is 6.06. The average molecular weight is 531 g/mol. The number of halogens is 2. The largest absolute Gasteiger partial charge is 0.343 e. The molecule has 5 rings (SSSR count). The summed E-state index contributed by atoms with van der Waals surface area (Å²) in [7, 11) is 2.17. The molecule has 4 nitrogen and oxygen atoms in total. The smallest absolute Gasteiger partial charge is 0.222 e. The van der Waals surface area contributed by atoms with Gasteiger partial charge in [-0.15, -0.1) is 0 Å². The van der Waals surface area contributed by atoms with E-state index in [0.717, 1.165) is 74.2 Å². The van der Waals surface area contributed by atoms with Crippen molar-refractivity contribution in [1.29, 1.82) is 0 Å². The van der Waals surface area contributed by atoms with Crippen molar-refractivity contribution in [3.8, 4) is 0 Å². The first-order valence-corrected chi connectivity index (χ1v) is 13.5. The molecule has 0 aromatic heterocycles. The van der Waals surface area contributed by atoms with Crippen molar-refractivity contribution in [2.24, 2.45) is 22.7 Å². The lowest BCUT2D eigenvalue weighted by Gasteiger charge is -2.39. The quantitative estimate of drug-likeness (QED) is 0.472. The first-order valence-electron chi connectivity index (χ1n) is 12.3. The molecule has 3 heterocycles. The number of carbonyl (C=O) groups is 1. The van der Waals surface area contributed by atoms with Gasteiger partial charge < -0.3 is 9.80 Å². The van der Waals surface area contributed by atoms with E-state index in [9.17, 15) is 4.79 Å². The second-order valence-electron chi connectivity index (χ2n) is 10.2. The van der Waals surface area contributed by atoms with Crippen LogP contribution >= 0.6 is 27.5 Å². The zero-order valence-corrected chi connectivity index (χ0v) is 21.7. The third-order valence-corrected chi connectivity index (χ3v) is 8.79. The number of hydrogen-bond acceptors (Lipinski definition) is 3. The number of benzene rings is 1. The second kappa shape index (κ2) is 10.1. The number of likely N-dealkylation sites (tertiary alicyclic amines) is 2. The van der Waals surface area contributed by atoms with Crippen molar-refractivity contribution in [1.82, 2.24) is 9.80 Å². The predicted molar refractivity (Wildman–Crippen MR) is 140 cm³/mol. The number of piperidine rings is 2.